The predicted molar refractivity (Wildman–Crippen MR) is 101 cm³/mol. The summed E-state index contributed by atoms with van der Waals surface area (Å²) in [4.78, 5) is 4.57. The highest BCUT2D eigenvalue weighted by Gasteiger charge is 2.24. The van der Waals surface area contributed by atoms with E-state index >= 15 is 0 Å². The van der Waals surface area contributed by atoms with Crippen LogP contribution in [-0.4, -0.2) is 16.2 Å². The Morgan fingerprint density at radius 3 is 2.88 bits per heavy atom. The van der Waals surface area contributed by atoms with Crippen LogP contribution in [0.15, 0.2) is 40.9 Å². The van der Waals surface area contributed by atoms with Crippen LogP contribution in [0.1, 0.15) is 37.4 Å². The summed E-state index contributed by atoms with van der Waals surface area (Å²) in [5.41, 5.74) is 10.3. The molecule has 26 heavy (non-hydrogen) atoms. The topological polar surface area (TPSA) is 74.2 Å². The number of fused-ring (bicyclic) bond motifs is 1. The maximum Gasteiger partial charge on any atom is 0.258 e. The first kappa shape index (κ1) is 17.1. The molecule has 4 rings (SSSR count). The van der Waals surface area contributed by atoms with E-state index in [1.165, 1.54) is 11.1 Å². The van der Waals surface area contributed by atoms with E-state index in [4.69, 9.17) is 26.6 Å². The number of nitrogens with zero attached hydrogens (tertiary/aromatic N) is 2. The molecule has 1 aromatic heterocycles. The molecule has 2 aromatic carbocycles. The van der Waals surface area contributed by atoms with Crippen molar-refractivity contribution in [1.82, 2.24) is 10.1 Å². The van der Waals surface area contributed by atoms with Crippen molar-refractivity contribution in [1.29, 1.82) is 0 Å². The molecule has 0 saturated heterocycles. The van der Waals surface area contributed by atoms with E-state index in [9.17, 15) is 0 Å². The molecule has 5 nitrogen and oxygen atoms in total. The maximum atomic E-state index is 6.31. The van der Waals surface area contributed by atoms with Gasteiger partial charge in [0.25, 0.3) is 5.89 Å². The fourth-order valence-electron chi connectivity index (χ4n) is 3.33. The lowest BCUT2D eigenvalue weighted by molar-refractivity contribution is 0.242. The zero-order chi connectivity index (χ0) is 18.3. The standard InChI is InChI=1S/C20H20ClN3O2/c1-11(2)25-18-9-6-12(10-16(18)21)20-23-19(24-26-20)15-5-3-4-14-13(15)7-8-17(14)22/h3-6,9-11,17H,7-8,22H2,1-2H3/t17-/m0/s1. The molecule has 0 amide bonds. The van der Waals surface area contributed by atoms with Crippen LogP contribution in [0.4, 0.5) is 0 Å². The van der Waals surface area contributed by atoms with Gasteiger partial charge in [0.05, 0.1) is 11.1 Å². The van der Waals surface area contributed by atoms with Crippen LogP contribution in [0.25, 0.3) is 22.8 Å². The van der Waals surface area contributed by atoms with Crippen molar-refractivity contribution in [3.8, 4) is 28.6 Å². The Kier molecular flexibility index (Phi) is 4.42. The van der Waals surface area contributed by atoms with Crippen molar-refractivity contribution in [3.05, 3.63) is 52.5 Å². The third-order valence-corrected chi connectivity index (χ3v) is 4.82. The minimum atomic E-state index is 0.0555. The third kappa shape index (κ3) is 3.08. The first-order valence-corrected chi connectivity index (χ1v) is 9.08. The lowest BCUT2D eigenvalue weighted by Crippen LogP contribution is -2.05. The fraction of sp³-hybridized carbons (Fsp3) is 0.300. The van der Waals surface area contributed by atoms with E-state index in [1.54, 1.807) is 6.07 Å². The van der Waals surface area contributed by atoms with Gasteiger partial charge in [-0.05, 0) is 56.0 Å². The molecule has 3 aromatic rings. The van der Waals surface area contributed by atoms with Gasteiger partial charge in [-0.15, -0.1) is 0 Å². The number of halogens is 1. The second kappa shape index (κ2) is 6.74. The summed E-state index contributed by atoms with van der Waals surface area (Å²) in [6, 6.07) is 11.6. The molecule has 2 N–H and O–H groups in total. The molecule has 0 radical (unpaired) electrons. The van der Waals surface area contributed by atoms with Crippen molar-refractivity contribution in [2.45, 2.75) is 38.8 Å². The minimum absolute atomic E-state index is 0.0555. The van der Waals surface area contributed by atoms with Gasteiger partial charge in [-0.3, -0.25) is 0 Å². The number of nitrogens with two attached hydrogens (primary N) is 1. The Labute approximate surface area is 157 Å². The van der Waals surface area contributed by atoms with Crippen molar-refractivity contribution < 1.29 is 9.26 Å². The Morgan fingerprint density at radius 2 is 2.12 bits per heavy atom. The van der Waals surface area contributed by atoms with Gasteiger partial charge in [-0.2, -0.15) is 4.98 Å². The van der Waals surface area contributed by atoms with Gasteiger partial charge >= 0.3 is 0 Å². The van der Waals surface area contributed by atoms with Crippen molar-refractivity contribution >= 4 is 11.6 Å². The highest BCUT2D eigenvalue weighted by Crippen LogP contribution is 2.36. The molecule has 1 aliphatic rings. The van der Waals surface area contributed by atoms with E-state index in [-0.39, 0.29) is 12.1 Å². The Morgan fingerprint density at radius 1 is 1.27 bits per heavy atom. The maximum absolute atomic E-state index is 6.31. The number of benzene rings is 2. The zero-order valence-electron chi connectivity index (χ0n) is 14.7. The summed E-state index contributed by atoms with van der Waals surface area (Å²) < 4.78 is 11.1. The molecule has 1 heterocycles. The lowest BCUT2D eigenvalue weighted by Gasteiger charge is -2.11. The van der Waals surface area contributed by atoms with E-state index in [0.29, 0.717) is 22.5 Å². The van der Waals surface area contributed by atoms with Gasteiger partial charge in [0.15, 0.2) is 0 Å². The summed E-state index contributed by atoms with van der Waals surface area (Å²) in [5.74, 6) is 1.64. The van der Waals surface area contributed by atoms with E-state index < -0.39 is 0 Å². The minimum Gasteiger partial charge on any atom is -0.489 e. The van der Waals surface area contributed by atoms with Gasteiger partial charge < -0.3 is 15.0 Å². The number of ether oxygens (including phenoxy) is 1. The summed E-state index contributed by atoms with van der Waals surface area (Å²) >= 11 is 6.31. The normalized spacial score (nSPS) is 16.1. The average molecular weight is 370 g/mol. The first-order valence-electron chi connectivity index (χ1n) is 8.71. The average Bonchev–Trinajstić information content (AvgIpc) is 3.24. The lowest BCUT2D eigenvalue weighted by atomic mass is 10.0. The highest BCUT2D eigenvalue weighted by molar-refractivity contribution is 6.32. The molecule has 6 heteroatoms. The van der Waals surface area contributed by atoms with Gasteiger partial charge in [0.2, 0.25) is 5.82 Å². The van der Waals surface area contributed by atoms with Crippen LogP contribution >= 0.6 is 11.6 Å². The van der Waals surface area contributed by atoms with Crippen LogP contribution in [0.5, 0.6) is 5.75 Å². The molecular formula is C20H20ClN3O2. The molecule has 0 saturated carbocycles. The van der Waals surface area contributed by atoms with Crippen LogP contribution in [-0.2, 0) is 6.42 Å². The molecule has 0 bridgehead atoms. The molecule has 1 aliphatic carbocycles. The summed E-state index contributed by atoms with van der Waals surface area (Å²) in [6.45, 7) is 3.91. The SMILES string of the molecule is CC(C)Oc1ccc(-c2nc(-c3cccc4c3CC[C@@H]4N)no2)cc1Cl. The molecule has 0 spiro atoms. The Balaban J connectivity index is 1.67. The second-order valence-corrected chi connectivity index (χ2v) is 7.16. The number of hydrogen-bond donors (Lipinski definition) is 1. The Bertz CT molecular complexity index is 952. The van der Waals surface area contributed by atoms with Crippen LogP contribution in [0.3, 0.4) is 0 Å². The van der Waals surface area contributed by atoms with Gasteiger partial charge in [0, 0.05) is 17.2 Å². The molecule has 0 aliphatic heterocycles. The van der Waals surface area contributed by atoms with Crippen molar-refractivity contribution in [2.24, 2.45) is 5.73 Å². The van der Waals surface area contributed by atoms with Crippen LogP contribution < -0.4 is 10.5 Å². The molecule has 0 unspecified atom stereocenters. The fourth-order valence-corrected chi connectivity index (χ4v) is 3.55. The zero-order valence-corrected chi connectivity index (χ0v) is 15.5. The summed E-state index contributed by atoms with van der Waals surface area (Å²) in [7, 11) is 0. The monoisotopic (exact) mass is 369 g/mol. The van der Waals surface area contributed by atoms with Gasteiger partial charge in [-0.25, -0.2) is 0 Å². The smallest absolute Gasteiger partial charge is 0.258 e. The van der Waals surface area contributed by atoms with Crippen molar-refractivity contribution in [3.63, 3.8) is 0 Å². The number of aromatic nitrogens is 2. The second-order valence-electron chi connectivity index (χ2n) is 6.75. The summed E-state index contributed by atoms with van der Waals surface area (Å²) in [6.07, 6.45) is 1.94. The van der Waals surface area contributed by atoms with E-state index in [0.717, 1.165) is 24.0 Å². The van der Waals surface area contributed by atoms with Gasteiger partial charge in [-0.1, -0.05) is 35.0 Å². The van der Waals surface area contributed by atoms with Crippen LogP contribution in [0.2, 0.25) is 5.02 Å². The van der Waals surface area contributed by atoms with Crippen molar-refractivity contribution in [2.75, 3.05) is 0 Å². The number of rotatable bonds is 4. The van der Waals surface area contributed by atoms with E-state index in [2.05, 4.69) is 16.2 Å². The first-order chi connectivity index (χ1) is 12.5. The molecule has 0 fully saturated rings. The summed E-state index contributed by atoms with van der Waals surface area (Å²) in [5, 5.41) is 4.68. The van der Waals surface area contributed by atoms with Crippen LogP contribution in [0, 0.1) is 0 Å². The van der Waals surface area contributed by atoms with E-state index in [1.807, 2.05) is 38.1 Å². The largest absolute Gasteiger partial charge is 0.489 e. The molecule has 134 valence electrons. The molecule has 1 atom stereocenters. The third-order valence-electron chi connectivity index (χ3n) is 4.53. The Hall–Kier alpha value is -2.37. The highest BCUT2D eigenvalue weighted by atomic mass is 35.5. The quantitative estimate of drug-likeness (QED) is 0.715. The van der Waals surface area contributed by atoms with Gasteiger partial charge in [0.1, 0.15) is 5.75 Å². The predicted octanol–water partition coefficient (Wildman–Crippen LogP) is 4.79. The number of hydrogen-bond acceptors (Lipinski definition) is 5. The molecular weight excluding hydrogens is 350 g/mol.